The molecule has 1 heterocycles. The molecule has 0 aromatic heterocycles. The molecule has 21 heavy (non-hydrogen) atoms. The predicted octanol–water partition coefficient (Wildman–Crippen LogP) is 4.17. The summed E-state index contributed by atoms with van der Waals surface area (Å²) in [6.45, 7) is 2.87. The summed E-state index contributed by atoms with van der Waals surface area (Å²) in [4.78, 5) is 14.7. The summed E-state index contributed by atoms with van der Waals surface area (Å²) in [5.41, 5.74) is 0.888. The molecule has 1 aromatic carbocycles. The third kappa shape index (κ3) is 4.32. The van der Waals surface area contributed by atoms with E-state index >= 15 is 0 Å². The van der Waals surface area contributed by atoms with Crippen LogP contribution in [0.3, 0.4) is 0 Å². The number of thiocarbonyl (C=S) groups is 1. The number of carbonyl (C=O) groups is 1. The number of benzene rings is 1. The number of rotatable bonds is 6. The van der Waals surface area contributed by atoms with E-state index in [2.05, 4.69) is 6.92 Å². The molecular formula is C16H19NO2S2. The minimum atomic E-state index is -0.00502. The smallest absolute Gasteiger partial charge is 0.266 e. The van der Waals surface area contributed by atoms with Crippen LogP contribution in [0.25, 0.3) is 6.08 Å². The van der Waals surface area contributed by atoms with Gasteiger partial charge in [-0.25, -0.2) is 0 Å². The van der Waals surface area contributed by atoms with E-state index in [1.54, 1.807) is 29.2 Å². The molecule has 112 valence electrons. The van der Waals surface area contributed by atoms with Crippen molar-refractivity contribution in [3.05, 3.63) is 34.7 Å². The second kappa shape index (κ2) is 7.61. The maximum atomic E-state index is 12.4. The number of carbonyl (C=O) groups excluding carboxylic acids is 1. The van der Waals surface area contributed by atoms with Gasteiger partial charge in [0.1, 0.15) is 10.1 Å². The lowest BCUT2D eigenvalue weighted by Crippen LogP contribution is -2.28. The highest BCUT2D eigenvalue weighted by molar-refractivity contribution is 8.26. The molecule has 3 nitrogen and oxygen atoms in total. The summed E-state index contributed by atoms with van der Waals surface area (Å²) in [6.07, 6.45) is 6.32. The minimum absolute atomic E-state index is 0.00502. The van der Waals surface area contributed by atoms with Crippen molar-refractivity contribution in [1.82, 2.24) is 4.90 Å². The zero-order valence-corrected chi connectivity index (χ0v) is 13.7. The number of amides is 1. The predicted molar refractivity (Wildman–Crippen MR) is 92.1 cm³/mol. The van der Waals surface area contributed by atoms with Crippen LogP contribution in [0.15, 0.2) is 29.2 Å². The fraction of sp³-hybridized carbons (Fsp3) is 0.375. The first-order valence-corrected chi connectivity index (χ1v) is 8.38. The number of thioether (sulfide) groups is 1. The quantitative estimate of drug-likeness (QED) is 0.485. The molecule has 0 unspecified atom stereocenters. The molecule has 1 aliphatic heterocycles. The van der Waals surface area contributed by atoms with Gasteiger partial charge in [-0.1, -0.05) is 62.3 Å². The molecule has 1 saturated heterocycles. The van der Waals surface area contributed by atoms with Crippen LogP contribution in [0.5, 0.6) is 5.75 Å². The molecule has 0 spiro atoms. The van der Waals surface area contributed by atoms with E-state index in [9.17, 15) is 9.90 Å². The molecule has 2 rings (SSSR count). The molecular weight excluding hydrogens is 302 g/mol. The molecule has 0 radical (unpaired) electrons. The summed E-state index contributed by atoms with van der Waals surface area (Å²) in [5, 5.41) is 9.27. The Hall–Kier alpha value is -1.33. The van der Waals surface area contributed by atoms with E-state index in [0.29, 0.717) is 15.8 Å². The number of nitrogens with zero attached hydrogens (tertiary/aromatic N) is 1. The summed E-state index contributed by atoms with van der Waals surface area (Å²) in [6, 6.07) is 6.78. The van der Waals surface area contributed by atoms with Crippen molar-refractivity contribution in [3.63, 3.8) is 0 Å². The van der Waals surface area contributed by atoms with Crippen LogP contribution in [0.4, 0.5) is 0 Å². The Labute approximate surface area is 135 Å². The summed E-state index contributed by atoms with van der Waals surface area (Å²) in [5.74, 6) is 0.213. The highest BCUT2D eigenvalue weighted by Gasteiger charge is 2.31. The topological polar surface area (TPSA) is 40.5 Å². The zero-order chi connectivity index (χ0) is 15.2. The third-order valence-corrected chi connectivity index (χ3v) is 4.68. The number of phenolic OH excluding ortho intramolecular Hbond substituents is 1. The van der Waals surface area contributed by atoms with Gasteiger partial charge in [-0.15, -0.1) is 0 Å². The van der Waals surface area contributed by atoms with Crippen molar-refractivity contribution < 1.29 is 9.90 Å². The lowest BCUT2D eigenvalue weighted by Gasteiger charge is -2.13. The molecule has 1 aliphatic rings. The van der Waals surface area contributed by atoms with E-state index in [0.717, 1.165) is 18.4 Å². The Morgan fingerprint density at radius 2 is 1.95 bits per heavy atom. The van der Waals surface area contributed by atoms with Gasteiger partial charge in [-0.2, -0.15) is 0 Å². The van der Waals surface area contributed by atoms with Gasteiger partial charge in [0, 0.05) is 6.54 Å². The monoisotopic (exact) mass is 321 g/mol. The Kier molecular flexibility index (Phi) is 5.82. The van der Waals surface area contributed by atoms with Gasteiger partial charge >= 0.3 is 0 Å². The highest BCUT2D eigenvalue weighted by atomic mass is 32.2. The van der Waals surface area contributed by atoms with E-state index in [1.165, 1.54) is 24.6 Å². The Balaban J connectivity index is 2.01. The Morgan fingerprint density at radius 3 is 2.62 bits per heavy atom. The molecule has 0 saturated carbocycles. The fourth-order valence-electron chi connectivity index (χ4n) is 2.11. The second-order valence-electron chi connectivity index (χ2n) is 4.99. The zero-order valence-electron chi connectivity index (χ0n) is 12.0. The Bertz CT molecular complexity index is 552. The van der Waals surface area contributed by atoms with E-state index in [-0.39, 0.29) is 11.7 Å². The number of hydrogen-bond donors (Lipinski definition) is 1. The molecule has 5 heteroatoms. The van der Waals surface area contributed by atoms with Crippen LogP contribution < -0.4 is 0 Å². The van der Waals surface area contributed by atoms with Crippen LogP contribution in [0, 0.1) is 0 Å². The van der Waals surface area contributed by atoms with Crippen molar-refractivity contribution >= 4 is 40.3 Å². The van der Waals surface area contributed by atoms with Crippen LogP contribution in [-0.4, -0.2) is 26.8 Å². The average molecular weight is 321 g/mol. The maximum absolute atomic E-state index is 12.4. The summed E-state index contributed by atoms with van der Waals surface area (Å²) < 4.78 is 0.640. The van der Waals surface area contributed by atoms with Crippen molar-refractivity contribution in [2.75, 3.05) is 6.54 Å². The highest BCUT2D eigenvalue weighted by Crippen LogP contribution is 2.32. The number of phenols is 1. The standard InChI is InChI=1S/C16H19NO2S2/c1-2-3-4-5-10-17-15(19)14(21-16(17)20)11-12-6-8-13(18)9-7-12/h6-9,11,18H,2-5,10H2,1H3/b14-11-. The van der Waals surface area contributed by atoms with Crippen LogP contribution in [-0.2, 0) is 4.79 Å². The molecule has 1 aromatic rings. The largest absolute Gasteiger partial charge is 0.508 e. The third-order valence-electron chi connectivity index (χ3n) is 3.30. The van der Waals surface area contributed by atoms with Gasteiger partial charge in [-0.05, 0) is 30.2 Å². The first kappa shape index (κ1) is 16.0. The normalized spacial score (nSPS) is 17.0. The summed E-state index contributed by atoms with van der Waals surface area (Å²) in [7, 11) is 0. The van der Waals surface area contributed by atoms with E-state index in [4.69, 9.17) is 12.2 Å². The lowest BCUT2D eigenvalue weighted by atomic mass is 10.2. The SMILES string of the molecule is CCCCCCN1C(=O)/C(=C/c2ccc(O)cc2)SC1=S. The number of hydrogen-bond acceptors (Lipinski definition) is 4. The van der Waals surface area contributed by atoms with Gasteiger partial charge in [0.25, 0.3) is 5.91 Å². The first-order valence-electron chi connectivity index (χ1n) is 7.16. The maximum Gasteiger partial charge on any atom is 0.266 e. The summed E-state index contributed by atoms with van der Waals surface area (Å²) >= 11 is 6.65. The van der Waals surface area contributed by atoms with Crippen molar-refractivity contribution in [1.29, 1.82) is 0 Å². The van der Waals surface area contributed by atoms with Crippen LogP contribution in [0.1, 0.15) is 38.2 Å². The molecule has 1 N–H and O–H groups in total. The van der Waals surface area contributed by atoms with Crippen LogP contribution in [0.2, 0.25) is 0 Å². The fourth-order valence-corrected chi connectivity index (χ4v) is 3.42. The van der Waals surface area contributed by atoms with Gasteiger partial charge in [0.15, 0.2) is 0 Å². The lowest BCUT2D eigenvalue weighted by molar-refractivity contribution is -0.122. The Morgan fingerprint density at radius 1 is 1.24 bits per heavy atom. The van der Waals surface area contributed by atoms with E-state index in [1.807, 2.05) is 6.08 Å². The molecule has 0 aliphatic carbocycles. The molecule has 0 bridgehead atoms. The number of aromatic hydroxyl groups is 1. The first-order chi connectivity index (χ1) is 10.1. The molecule has 0 atom stereocenters. The van der Waals surface area contributed by atoms with E-state index < -0.39 is 0 Å². The van der Waals surface area contributed by atoms with Gasteiger partial charge in [0.2, 0.25) is 0 Å². The average Bonchev–Trinajstić information content (AvgIpc) is 2.73. The van der Waals surface area contributed by atoms with Crippen molar-refractivity contribution in [3.8, 4) is 5.75 Å². The van der Waals surface area contributed by atoms with Crippen LogP contribution >= 0.6 is 24.0 Å². The van der Waals surface area contributed by atoms with Crippen molar-refractivity contribution in [2.24, 2.45) is 0 Å². The van der Waals surface area contributed by atoms with Gasteiger partial charge in [-0.3, -0.25) is 9.69 Å². The molecule has 1 fully saturated rings. The second-order valence-corrected chi connectivity index (χ2v) is 6.66. The van der Waals surface area contributed by atoms with Crippen molar-refractivity contribution in [2.45, 2.75) is 32.6 Å². The molecule has 1 amide bonds. The minimum Gasteiger partial charge on any atom is -0.508 e. The number of unbranched alkanes of at least 4 members (excludes halogenated alkanes) is 3. The van der Waals surface area contributed by atoms with Gasteiger partial charge in [0.05, 0.1) is 4.91 Å². The van der Waals surface area contributed by atoms with Gasteiger partial charge < -0.3 is 5.11 Å².